The summed E-state index contributed by atoms with van der Waals surface area (Å²) >= 11 is 0. The Kier molecular flexibility index (Phi) is 5.76. The fraction of sp³-hybridized carbons (Fsp3) is 0.412. The zero-order chi connectivity index (χ0) is 16.8. The van der Waals surface area contributed by atoms with Gasteiger partial charge in [-0.2, -0.15) is 5.10 Å². The molecule has 1 aromatic heterocycles. The van der Waals surface area contributed by atoms with Gasteiger partial charge in [0.1, 0.15) is 0 Å². The quantitative estimate of drug-likeness (QED) is 0.732. The van der Waals surface area contributed by atoms with Gasteiger partial charge in [-0.1, -0.05) is 19.9 Å². The minimum atomic E-state index is -0.395. The number of nitrogens with zero attached hydrogens (tertiary/aromatic N) is 2. The fourth-order valence-corrected chi connectivity index (χ4v) is 2.16. The number of aliphatic hydroxyl groups is 1. The number of nitrogens with one attached hydrogen (secondary N) is 2. The molecule has 0 saturated carbocycles. The van der Waals surface area contributed by atoms with Gasteiger partial charge in [0.2, 0.25) is 0 Å². The molecule has 3 N–H and O–H groups in total. The average Bonchev–Trinajstić information content (AvgIpc) is 2.92. The van der Waals surface area contributed by atoms with Crippen LogP contribution in [0.3, 0.4) is 0 Å². The van der Waals surface area contributed by atoms with Crippen molar-refractivity contribution in [1.29, 1.82) is 0 Å². The third-order valence-corrected chi connectivity index (χ3v) is 3.61. The molecule has 1 unspecified atom stereocenters. The lowest BCUT2D eigenvalue weighted by molar-refractivity contribution is 0.0920. The van der Waals surface area contributed by atoms with Gasteiger partial charge in [-0.05, 0) is 30.5 Å². The highest BCUT2D eigenvalue weighted by Gasteiger charge is 2.11. The molecule has 6 heteroatoms. The van der Waals surface area contributed by atoms with Crippen LogP contribution in [0.5, 0.6) is 0 Å². The highest BCUT2D eigenvalue weighted by molar-refractivity contribution is 5.95. The number of aliphatic hydroxyl groups excluding tert-OH is 1. The van der Waals surface area contributed by atoms with E-state index in [1.165, 1.54) is 0 Å². The summed E-state index contributed by atoms with van der Waals surface area (Å²) in [7, 11) is 1.85. The first-order chi connectivity index (χ1) is 11.0. The van der Waals surface area contributed by atoms with E-state index in [9.17, 15) is 9.90 Å². The van der Waals surface area contributed by atoms with E-state index in [2.05, 4.69) is 15.7 Å². The molecular formula is C17H24N4O2. The lowest BCUT2D eigenvalue weighted by atomic mass is 10.0. The van der Waals surface area contributed by atoms with Crippen LogP contribution in [0.2, 0.25) is 0 Å². The molecule has 0 saturated heterocycles. The second-order valence-corrected chi connectivity index (χ2v) is 5.96. The van der Waals surface area contributed by atoms with Crippen LogP contribution in [0.15, 0.2) is 36.7 Å². The van der Waals surface area contributed by atoms with Gasteiger partial charge in [0, 0.05) is 31.0 Å². The van der Waals surface area contributed by atoms with Crippen molar-refractivity contribution in [2.24, 2.45) is 13.0 Å². The molecule has 0 spiro atoms. The molecule has 6 nitrogen and oxygen atoms in total. The average molecular weight is 316 g/mol. The number of carbonyl (C=O) groups excluding carboxylic acids is 1. The van der Waals surface area contributed by atoms with E-state index in [0.29, 0.717) is 18.5 Å². The molecule has 1 atom stereocenters. The second kappa shape index (κ2) is 7.78. The molecule has 0 fully saturated rings. The summed E-state index contributed by atoms with van der Waals surface area (Å²) in [4.78, 5) is 12.2. The van der Waals surface area contributed by atoms with Crippen LogP contribution >= 0.6 is 0 Å². The first-order valence-electron chi connectivity index (χ1n) is 7.77. The van der Waals surface area contributed by atoms with Gasteiger partial charge in [0.15, 0.2) is 0 Å². The number of benzene rings is 1. The molecule has 0 aliphatic heterocycles. The third kappa shape index (κ3) is 5.10. The summed E-state index contributed by atoms with van der Waals surface area (Å²) in [6, 6.07) is 7.28. The number of hydrogen-bond donors (Lipinski definition) is 3. The molecule has 0 aliphatic rings. The van der Waals surface area contributed by atoms with Crippen molar-refractivity contribution >= 4 is 17.3 Å². The Morgan fingerprint density at radius 3 is 2.78 bits per heavy atom. The molecule has 23 heavy (non-hydrogen) atoms. The summed E-state index contributed by atoms with van der Waals surface area (Å²) in [5.74, 6) is 0.0507. The van der Waals surface area contributed by atoms with Crippen molar-refractivity contribution in [1.82, 2.24) is 15.1 Å². The van der Waals surface area contributed by atoms with Gasteiger partial charge < -0.3 is 15.7 Å². The third-order valence-electron chi connectivity index (χ3n) is 3.61. The number of aryl methyl sites for hydroxylation is 1. The summed E-state index contributed by atoms with van der Waals surface area (Å²) in [6.07, 6.45) is 3.74. The van der Waals surface area contributed by atoms with Gasteiger partial charge in [-0.25, -0.2) is 0 Å². The summed E-state index contributed by atoms with van der Waals surface area (Å²) in [6.45, 7) is 4.37. The maximum atomic E-state index is 12.2. The molecule has 1 aromatic carbocycles. The molecule has 2 rings (SSSR count). The molecule has 1 heterocycles. The first-order valence-corrected chi connectivity index (χ1v) is 7.77. The minimum absolute atomic E-state index is 0.143. The number of carbonyl (C=O) groups is 1. The Balaban J connectivity index is 1.92. The molecule has 1 amide bonds. The van der Waals surface area contributed by atoms with E-state index >= 15 is 0 Å². The molecule has 0 aliphatic carbocycles. The Hall–Kier alpha value is -2.34. The number of aromatic nitrogens is 2. The van der Waals surface area contributed by atoms with Crippen LogP contribution < -0.4 is 10.6 Å². The number of hydrogen-bond acceptors (Lipinski definition) is 4. The zero-order valence-electron chi connectivity index (χ0n) is 13.8. The fourth-order valence-electron chi connectivity index (χ4n) is 2.16. The molecular weight excluding hydrogens is 292 g/mol. The Morgan fingerprint density at radius 1 is 1.35 bits per heavy atom. The van der Waals surface area contributed by atoms with Crippen molar-refractivity contribution in [2.75, 3.05) is 11.9 Å². The largest absolute Gasteiger partial charge is 0.393 e. The van der Waals surface area contributed by atoms with Crippen LogP contribution in [-0.2, 0) is 7.05 Å². The Morgan fingerprint density at radius 2 is 2.13 bits per heavy atom. The maximum absolute atomic E-state index is 12.2. The summed E-state index contributed by atoms with van der Waals surface area (Å²) in [5, 5.41) is 19.9. The summed E-state index contributed by atoms with van der Waals surface area (Å²) in [5.41, 5.74) is 2.27. The van der Waals surface area contributed by atoms with Crippen molar-refractivity contribution in [3.05, 3.63) is 42.2 Å². The van der Waals surface area contributed by atoms with E-state index in [1.807, 2.05) is 39.2 Å². The predicted molar refractivity (Wildman–Crippen MR) is 90.7 cm³/mol. The number of rotatable bonds is 7. The number of amides is 1. The minimum Gasteiger partial charge on any atom is -0.393 e. The van der Waals surface area contributed by atoms with Crippen LogP contribution in [0.25, 0.3) is 0 Å². The van der Waals surface area contributed by atoms with E-state index in [4.69, 9.17) is 0 Å². The molecule has 2 aromatic rings. The second-order valence-electron chi connectivity index (χ2n) is 5.96. The highest BCUT2D eigenvalue weighted by atomic mass is 16.3. The monoisotopic (exact) mass is 316 g/mol. The first kappa shape index (κ1) is 17.0. The van der Waals surface area contributed by atoms with Gasteiger partial charge in [0.25, 0.3) is 5.91 Å². The Bertz CT molecular complexity index is 652. The standard InChI is InChI=1S/C17H24N4O2/c1-12(2)16(22)7-8-18-17(23)13-5-4-6-14(9-13)20-15-10-19-21(3)11-15/h4-6,9-12,16,20,22H,7-8H2,1-3H3,(H,18,23). The van der Waals surface area contributed by atoms with Crippen molar-refractivity contribution in [3.63, 3.8) is 0 Å². The van der Waals surface area contributed by atoms with Gasteiger partial charge >= 0.3 is 0 Å². The van der Waals surface area contributed by atoms with Crippen LogP contribution in [-0.4, -0.2) is 33.4 Å². The zero-order valence-corrected chi connectivity index (χ0v) is 13.8. The van der Waals surface area contributed by atoms with Crippen molar-refractivity contribution in [2.45, 2.75) is 26.4 Å². The lowest BCUT2D eigenvalue weighted by Gasteiger charge is -2.14. The smallest absolute Gasteiger partial charge is 0.251 e. The van der Waals surface area contributed by atoms with E-state index in [-0.39, 0.29) is 11.8 Å². The predicted octanol–water partition coefficient (Wildman–Crippen LogP) is 2.30. The van der Waals surface area contributed by atoms with Crippen LogP contribution in [0.4, 0.5) is 11.4 Å². The van der Waals surface area contributed by atoms with E-state index < -0.39 is 6.10 Å². The van der Waals surface area contributed by atoms with Gasteiger partial charge in [-0.3, -0.25) is 9.48 Å². The normalized spacial score (nSPS) is 12.2. The van der Waals surface area contributed by atoms with Crippen LogP contribution in [0, 0.1) is 5.92 Å². The van der Waals surface area contributed by atoms with E-state index in [1.54, 1.807) is 23.0 Å². The van der Waals surface area contributed by atoms with Gasteiger partial charge in [-0.15, -0.1) is 0 Å². The van der Waals surface area contributed by atoms with Crippen LogP contribution in [0.1, 0.15) is 30.6 Å². The van der Waals surface area contributed by atoms with Gasteiger partial charge in [0.05, 0.1) is 18.0 Å². The molecule has 0 radical (unpaired) electrons. The molecule has 124 valence electrons. The lowest BCUT2D eigenvalue weighted by Crippen LogP contribution is -2.28. The number of anilines is 2. The topological polar surface area (TPSA) is 79.2 Å². The van der Waals surface area contributed by atoms with Crippen molar-refractivity contribution in [3.8, 4) is 0 Å². The highest BCUT2D eigenvalue weighted by Crippen LogP contribution is 2.17. The van der Waals surface area contributed by atoms with Crippen molar-refractivity contribution < 1.29 is 9.90 Å². The maximum Gasteiger partial charge on any atom is 0.251 e. The Labute approximate surface area is 136 Å². The summed E-state index contributed by atoms with van der Waals surface area (Å²) < 4.78 is 1.71. The SMILES string of the molecule is CC(C)C(O)CCNC(=O)c1cccc(Nc2cnn(C)c2)c1. The molecule has 0 bridgehead atoms. The van der Waals surface area contributed by atoms with E-state index in [0.717, 1.165) is 11.4 Å².